The molecule has 6 saturated carbocycles. The molecule has 2 saturated heterocycles. The van der Waals surface area contributed by atoms with Crippen molar-refractivity contribution in [2.45, 2.75) is 211 Å². The predicted molar refractivity (Wildman–Crippen MR) is 369 cm³/mol. The first kappa shape index (κ1) is 76.4. The van der Waals surface area contributed by atoms with E-state index in [4.69, 9.17) is 23.7 Å². The first-order chi connectivity index (χ1) is 50.3. The minimum atomic E-state index is -4.27. The lowest BCUT2D eigenvalue weighted by Gasteiger charge is -2.35. The number of ketones is 1. The third-order valence-corrected chi connectivity index (χ3v) is 26.1. The number of methoxy groups -OCH3 is 1. The number of halogens is 6. The van der Waals surface area contributed by atoms with Crippen molar-refractivity contribution in [1.82, 2.24) is 34.5 Å². The number of nitrogens with zero attached hydrogens (tertiary/aromatic N) is 8. The second-order valence-electron chi connectivity index (χ2n) is 33.3. The van der Waals surface area contributed by atoms with Crippen LogP contribution in [0.5, 0.6) is 11.8 Å². The van der Waals surface area contributed by atoms with E-state index in [0.717, 1.165) is 30.2 Å². The molecule has 107 heavy (non-hydrogen) atoms. The molecular weight excluding hydrogens is 1420 g/mol. The monoisotopic (exact) mass is 1510 g/mol. The quantitative estimate of drug-likeness (QED) is 0.0741. The van der Waals surface area contributed by atoms with Gasteiger partial charge in [-0.1, -0.05) is 53.7 Å². The molecule has 4 aliphatic heterocycles. The molecule has 10 aliphatic rings. The van der Waals surface area contributed by atoms with Crippen LogP contribution in [0.15, 0.2) is 60.7 Å². The summed E-state index contributed by atoms with van der Waals surface area (Å²) in [6.07, 6.45) is 1.50. The largest absolute Gasteiger partial charge is 0.471 e. The first-order valence-corrected chi connectivity index (χ1v) is 38.2. The normalized spacial score (nSPS) is 32.7. The van der Waals surface area contributed by atoms with E-state index in [1.807, 2.05) is 37.6 Å². The second kappa shape index (κ2) is 28.3. The van der Waals surface area contributed by atoms with Crippen molar-refractivity contribution in [2.24, 2.45) is 69.5 Å². The van der Waals surface area contributed by atoms with E-state index < -0.39 is 181 Å². The number of carbonyl (C=O) groups is 7. The molecule has 16 atom stereocenters. The minimum Gasteiger partial charge on any atom is -0.471 e. The number of nitrogens with one attached hydrogen (secondary N) is 1. The van der Waals surface area contributed by atoms with Gasteiger partial charge >= 0.3 is 29.8 Å². The Morgan fingerprint density at radius 3 is 1.50 bits per heavy atom. The Bertz CT molecular complexity index is 4550. The van der Waals surface area contributed by atoms with E-state index in [-0.39, 0.29) is 109 Å². The summed E-state index contributed by atoms with van der Waals surface area (Å²) in [5.41, 5.74) is -4.31. The molecule has 2 aromatic carbocycles. The predicted octanol–water partition coefficient (Wildman–Crippen LogP) is 11.2. The molecule has 23 nitrogen and oxygen atoms in total. The number of sulfonamides is 1. The lowest BCUT2D eigenvalue weighted by molar-refractivity contribution is -0.160. The highest BCUT2D eigenvalue weighted by Crippen LogP contribution is 2.61. The number of ether oxygens (including phenoxy) is 5. The van der Waals surface area contributed by atoms with Crippen LogP contribution in [0.3, 0.4) is 0 Å². The second-order valence-corrected chi connectivity index (χ2v) is 35.5. The summed E-state index contributed by atoms with van der Waals surface area (Å²) in [5, 5.41) is 18.9. The molecule has 6 aliphatic carbocycles. The summed E-state index contributed by atoms with van der Waals surface area (Å²) in [6.45, 7) is 11.6. The zero-order chi connectivity index (χ0) is 77.0. The fourth-order valence-electron chi connectivity index (χ4n) is 17.1. The molecule has 0 spiro atoms. The summed E-state index contributed by atoms with van der Waals surface area (Å²) in [5.74, 6) is -15.5. The van der Waals surface area contributed by atoms with Crippen LogP contribution in [0.25, 0.3) is 22.1 Å². The maximum atomic E-state index is 16.3. The van der Waals surface area contributed by atoms with Crippen molar-refractivity contribution in [3.8, 4) is 23.9 Å². The first-order valence-electron chi connectivity index (χ1n) is 36.7. The number of carbonyl (C=O) groups excluding carboxylic acids is 7. The number of hydrogen-bond donors (Lipinski definition) is 1. The third kappa shape index (κ3) is 15.5. The molecule has 0 unspecified atom stereocenters. The molecule has 3 amide bonds. The lowest BCUT2D eigenvalue weighted by Crippen LogP contribution is -2.49. The highest BCUT2D eigenvalue weighted by atomic mass is 32.2. The lowest BCUT2D eigenvalue weighted by atomic mass is 9.77. The van der Waals surface area contributed by atoms with Crippen LogP contribution >= 0.6 is 0 Å². The van der Waals surface area contributed by atoms with Crippen LogP contribution < -0.4 is 14.2 Å². The van der Waals surface area contributed by atoms with E-state index in [1.54, 1.807) is 20.8 Å². The van der Waals surface area contributed by atoms with Crippen LogP contribution in [0.1, 0.15) is 174 Å². The number of hydrogen-bond acceptors (Lipinski definition) is 20. The molecule has 14 rings (SSSR count). The SMILES string of the molecule is CC(C)(C)[C@@H]1CC(=O)O[C@@H]2C[C@@H]3C[C@@H]3[C@H]2CC/C=C/C(F)(F)c2nc3ccc(C#N)cc3nc2O[C@@H]2C[C@@H](C(=O)C[C@]3(C(=O)NS(=O)(=O)C4(C)CC4)C[C@H]3C(F)F)N(C2)C1=O.COC(=O)[C@@H]1C[C@@H]2CN1C(=O)[C@H](C(C)(C)C)CC(=O)O[C@@H]1C[C@@H]3C[C@@H]3[C@H]1CC/C=C/C(F)(F)c1nc3ccc(C#N)cc3nc1O2. The Labute approximate surface area is 615 Å². The van der Waals surface area contributed by atoms with E-state index in [9.17, 15) is 61.3 Å². The van der Waals surface area contributed by atoms with Gasteiger partial charge in [0.2, 0.25) is 45.9 Å². The molecule has 572 valence electrons. The van der Waals surface area contributed by atoms with E-state index >= 15 is 17.6 Å². The van der Waals surface area contributed by atoms with Crippen molar-refractivity contribution in [2.75, 3.05) is 20.2 Å². The fourth-order valence-corrected chi connectivity index (χ4v) is 18.4. The summed E-state index contributed by atoms with van der Waals surface area (Å²) < 4.78 is 149. The van der Waals surface area contributed by atoms with Crippen LogP contribution in [0.4, 0.5) is 26.3 Å². The minimum absolute atomic E-state index is 0.0478. The van der Waals surface area contributed by atoms with E-state index in [1.165, 1.54) is 67.5 Å². The maximum absolute atomic E-state index is 16.3. The van der Waals surface area contributed by atoms with Gasteiger partial charge < -0.3 is 33.5 Å². The van der Waals surface area contributed by atoms with Crippen molar-refractivity contribution >= 4 is 73.5 Å². The average Bonchev–Trinajstić information content (AvgIpc) is 1.58. The molecule has 2 aromatic heterocycles. The zero-order valence-corrected chi connectivity index (χ0v) is 61.5. The zero-order valence-electron chi connectivity index (χ0n) is 60.7. The van der Waals surface area contributed by atoms with Crippen LogP contribution in [-0.4, -0.2) is 147 Å². The van der Waals surface area contributed by atoms with Gasteiger partial charge in [-0.15, -0.1) is 0 Å². The van der Waals surface area contributed by atoms with Gasteiger partial charge in [-0.25, -0.2) is 41.9 Å². The molecule has 6 heterocycles. The average molecular weight is 1510 g/mol. The number of nitriles is 2. The number of amides is 3. The molecule has 4 bridgehead atoms. The Hall–Kier alpha value is -8.80. The van der Waals surface area contributed by atoms with Gasteiger partial charge in [0, 0.05) is 25.2 Å². The topological polar surface area (TPSA) is 317 Å². The van der Waals surface area contributed by atoms with Crippen molar-refractivity contribution in [1.29, 1.82) is 10.5 Å². The van der Waals surface area contributed by atoms with Gasteiger partial charge in [0.1, 0.15) is 30.5 Å². The Morgan fingerprint density at radius 1 is 0.645 bits per heavy atom. The van der Waals surface area contributed by atoms with Crippen molar-refractivity contribution in [3.05, 3.63) is 83.2 Å². The molecule has 4 aromatic rings. The third-order valence-electron chi connectivity index (χ3n) is 23.9. The summed E-state index contributed by atoms with van der Waals surface area (Å²) in [7, 11) is -3.07. The van der Waals surface area contributed by atoms with Gasteiger partial charge in [0.05, 0.1) is 106 Å². The molecule has 0 radical (unpaired) electrons. The Balaban J connectivity index is 0.000000197. The van der Waals surface area contributed by atoms with Crippen molar-refractivity contribution in [3.63, 3.8) is 0 Å². The van der Waals surface area contributed by atoms with Crippen molar-refractivity contribution < 1.29 is 92.0 Å². The molecule has 8 fully saturated rings. The smallest absolute Gasteiger partial charge is 0.328 e. The molecule has 1 N–H and O–H groups in total. The number of allylic oxidation sites excluding steroid dienone is 4. The summed E-state index contributed by atoms with van der Waals surface area (Å²) in [4.78, 5) is 117. The standard InChI is InChI=1S/C43H49F4N5O8S.C34H38F2N4O6/c1-40(2,3)27-17-34(54)60-33-15-23-14-26(23)25(33)7-5-6-10-43(46,47)35-37(50-30-13-22(20-48)8-9-29(30)49-35)59-24-16-31(52(21-24)38(27)55)32(53)19-42(18-28(42)36(44)45)39(56)51-61(57,58)41(4)11-12-41;1-33(2,3)23-15-28(41)46-27-13-19-12-22(19)21(27)7-5-6-10-34(35,36)29-30(39-25-11-18(16-37)8-9-24(25)38-29)45-20-14-26(32(43)44-4)40(17-20)31(23)42/h6,8-10,13,23-28,31,33,36H,5,7,11-12,14-19,21H2,1-4H3,(H,51,56);6,8-11,19-23,26-27H,5,7,12-15,17H2,1-4H3/b2*10-6+/t23-,24+,25+,26-,27+,28-,31-,33+,42+;19-,20+,21+,22-,23+,26-,27+/m00/s1. The van der Waals surface area contributed by atoms with Gasteiger partial charge in [0.15, 0.2) is 17.2 Å². The Kier molecular flexibility index (Phi) is 20.2. The fraction of sp³-hybridized carbons (Fsp3) is 0.623. The Morgan fingerprint density at radius 2 is 1.09 bits per heavy atom. The number of aromatic nitrogens is 4. The number of rotatable bonds is 8. The van der Waals surface area contributed by atoms with Gasteiger partial charge in [-0.3, -0.25) is 33.5 Å². The molecule has 30 heteroatoms. The van der Waals surface area contributed by atoms with E-state index in [0.29, 0.717) is 49.5 Å². The number of Topliss-reactive ketones (excluding diaryl/α,β-unsaturated/α-hetero) is 1. The van der Waals surface area contributed by atoms with Gasteiger partial charge in [0.25, 0.3) is 0 Å². The number of esters is 3. The molecular formula is C77H87F6N9O14S. The highest BCUT2D eigenvalue weighted by Gasteiger charge is 2.67. The van der Waals surface area contributed by atoms with Crippen LogP contribution in [-0.2, 0) is 69.6 Å². The van der Waals surface area contributed by atoms with E-state index in [2.05, 4.69) is 19.9 Å². The summed E-state index contributed by atoms with van der Waals surface area (Å²) >= 11 is 0. The maximum Gasteiger partial charge on any atom is 0.328 e. The number of fused-ring (bicyclic) bond motifs is 14. The highest BCUT2D eigenvalue weighted by molar-refractivity contribution is 7.91. The van der Waals surface area contributed by atoms with Crippen LogP contribution in [0.2, 0.25) is 0 Å². The summed E-state index contributed by atoms with van der Waals surface area (Å²) in [6, 6.07) is 9.94. The van der Waals surface area contributed by atoms with Gasteiger partial charge in [-0.2, -0.15) is 28.1 Å². The van der Waals surface area contributed by atoms with Crippen LogP contribution in [0, 0.1) is 92.2 Å². The number of benzene rings is 2. The number of alkyl halides is 6. The van der Waals surface area contributed by atoms with Gasteiger partial charge in [-0.05, 0) is 172 Å².